The molecular weight excluding hydrogens is 546 g/mol. The first-order valence-electron chi connectivity index (χ1n) is 13.9. The monoisotopic (exact) mass is 571 g/mol. The molecule has 212 valence electrons. The Morgan fingerprint density at radius 1 is 0.767 bits per heavy atom. The Labute approximate surface area is 246 Å². The van der Waals surface area contributed by atoms with E-state index in [4.69, 9.17) is 4.74 Å². The SMILES string of the molecule is O=C(OC(c1ccccc1)c1ccccc1)[C@@H]1[C@@H]2C(=O)N(c3ccc([N+](=O)[O-])cc3)C(=O)[C@H]2[C@H]2C=Cc3ccccc3N21. The summed E-state index contributed by atoms with van der Waals surface area (Å²) in [4.78, 5) is 56.0. The molecule has 7 rings (SSSR count). The number of hydrogen-bond acceptors (Lipinski definition) is 7. The van der Waals surface area contributed by atoms with Crippen LogP contribution in [0.25, 0.3) is 6.08 Å². The number of carbonyl (C=O) groups excluding carboxylic acids is 3. The Balaban J connectivity index is 1.30. The first kappa shape index (κ1) is 26.3. The van der Waals surface area contributed by atoms with Crippen molar-refractivity contribution in [3.8, 4) is 0 Å². The molecule has 0 saturated carbocycles. The Bertz CT molecular complexity index is 1730. The number of amides is 2. The van der Waals surface area contributed by atoms with E-state index >= 15 is 0 Å². The quantitative estimate of drug-likeness (QED) is 0.133. The van der Waals surface area contributed by atoms with E-state index in [1.807, 2.05) is 102 Å². The summed E-state index contributed by atoms with van der Waals surface area (Å²) in [5.41, 5.74) is 3.22. The van der Waals surface area contributed by atoms with Crippen molar-refractivity contribution in [1.82, 2.24) is 0 Å². The summed E-state index contributed by atoms with van der Waals surface area (Å²) < 4.78 is 6.28. The van der Waals surface area contributed by atoms with Crippen molar-refractivity contribution in [1.29, 1.82) is 0 Å². The molecule has 3 heterocycles. The number of hydrogen-bond donors (Lipinski definition) is 0. The second-order valence-corrected chi connectivity index (χ2v) is 10.7. The zero-order valence-corrected chi connectivity index (χ0v) is 22.7. The van der Waals surface area contributed by atoms with Gasteiger partial charge in [-0.05, 0) is 34.9 Å². The average molecular weight is 572 g/mol. The Morgan fingerprint density at radius 3 is 1.98 bits per heavy atom. The van der Waals surface area contributed by atoms with Crippen LogP contribution in [0.2, 0.25) is 0 Å². The maximum atomic E-state index is 14.4. The van der Waals surface area contributed by atoms with Crippen LogP contribution >= 0.6 is 0 Å². The molecule has 2 fully saturated rings. The van der Waals surface area contributed by atoms with E-state index in [9.17, 15) is 24.5 Å². The van der Waals surface area contributed by atoms with Crippen molar-refractivity contribution in [2.24, 2.45) is 11.8 Å². The van der Waals surface area contributed by atoms with Gasteiger partial charge in [0.2, 0.25) is 11.8 Å². The van der Waals surface area contributed by atoms with Gasteiger partial charge in [0.05, 0.1) is 28.5 Å². The number of carbonyl (C=O) groups is 3. The van der Waals surface area contributed by atoms with Crippen molar-refractivity contribution in [3.05, 3.63) is 142 Å². The molecule has 43 heavy (non-hydrogen) atoms. The maximum absolute atomic E-state index is 14.4. The molecule has 4 aromatic carbocycles. The molecule has 4 atom stereocenters. The van der Waals surface area contributed by atoms with E-state index in [-0.39, 0.29) is 11.4 Å². The molecule has 0 unspecified atom stereocenters. The van der Waals surface area contributed by atoms with Crippen LogP contribution in [0.3, 0.4) is 0 Å². The first-order chi connectivity index (χ1) is 20.9. The molecule has 3 aliphatic heterocycles. The van der Waals surface area contributed by atoms with E-state index in [2.05, 4.69) is 0 Å². The molecule has 4 aromatic rings. The zero-order chi connectivity index (χ0) is 29.7. The number of nitro groups is 1. The Morgan fingerprint density at radius 2 is 1.35 bits per heavy atom. The van der Waals surface area contributed by atoms with Gasteiger partial charge in [-0.15, -0.1) is 0 Å². The standard InChI is InChI=1S/C34H25N3O6/c38-32-28-27-20-15-21-9-7-8-14-26(21)36(27)30(29(28)33(39)35(32)24-16-18-25(19-17-24)37(41)42)34(40)43-31(22-10-3-1-4-11-22)23-12-5-2-6-13-23/h1-20,27-31H/t27-,28+,29-,30+/m1/s1. The predicted octanol–water partition coefficient (Wildman–Crippen LogP) is 5.32. The first-order valence-corrected chi connectivity index (χ1v) is 13.9. The number of rotatable bonds is 6. The minimum Gasteiger partial charge on any atom is -0.451 e. The second-order valence-electron chi connectivity index (χ2n) is 10.7. The molecular formula is C34H25N3O6. The number of anilines is 2. The largest absolute Gasteiger partial charge is 0.451 e. The van der Waals surface area contributed by atoms with Crippen LogP contribution < -0.4 is 9.80 Å². The lowest BCUT2D eigenvalue weighted by Gasteiger charge is -2.36. The van der Waals surface area contributed by atoms with E-state index in [1.165, 1.54) is 24.3 Å². The molecule has 0 spiro atoms. The van der Waals surface area contributed by atoms with Crippen LogP contribution in [0.15, 0.2) is 115 Å². The molecule has 9 nitrogen and oxygen atoms in total. The summed E-state index contributed by atoms with van der Waals surface area (Å²) in [6, 6.07) is 29.9. The maximum Gasteiger partial charge on any atom is 0.330 e. The lowest BCUT2D eigenvalue weighted by Crippen LogP contribution is -2.49. The van der Waals surface area contributed by atoms with Crippen molar-refractivity contribution < 1.29 is 24.0 Å². The molecule has 0 bridgehead atoms. The third-order valence-corrected chi connectivity index (χ3v) is 8.41. The molecule has 0 N–H and O–H groups in total. The predicted molar refractivity (Wildman–Crippen MR) is 159 cm³/mol. The minimum atomic E-state index is -1.09. The number of ether oxygens (including phenoxy) is 1. The van der Waals surface area contributed by atoms with Crippen molar-refractivity contribution >= 4 is 40.9 Å². The van der Waals surface area contributed by atoms with Crippen LogP contribution in [0, 0.1) is 22.0 Å². The summed E-state index contributed by atoms with van der Waals surface area (Å²) in [6.45, 7) is 0. The fourth-order valence-corrected chi connectivity index (χ4v) is 6.53. The van der Waals surface area contributed by atoms with Crippen molar-refractivity contribution in [2.75, 3.05) is 9.80 Å². The van der Waals surface area contributed by atoms with E-state index in [1.54, 1.807) is 0 Å². The molecule has 0 aliphatic carbocycles. The van der Waals surface area contributed by atoms with Gasteiger partial charge in [-0.2, -0.15) is 0 Å². The highest BCUT2D eigenvalue weighted by molar-refractivity contribution is 6.24. The number of para-hydroxylation sites is 1. The average Bonchev–Trinajstić information content (AvgIpc) is 3.53. The molecule has 9 heteroatoms. The third kappa shape index (κ3) is 4.28. The molecule has 3 aliphatic rings. The summed E-state index contributed by atoms with van der Waals surface area (Å²) in [6.07, 6.45) is 3.04. The lowest BCUT2D eigenvalue weighted by atomic mass is 9.88. The number of nitrogens with zero attached hydrogens (tertiary/aromatic N) is 3. The van der Waals surface area contributed by atoms with Gasteiger partial charge in [-0.1, -0.05) is 91.0 Å². The van der Waals surface area contributed by atoms with Gasteiger partial charge in [-0.25, -0.2) is 9.69 Å². The minimum absolute atomic E-state index is 0.157. The summed E-state index contributed by atoms with van der Waals surface area (Å²) in [7, 11) is 0. The fourth-order valence-electron chi connectivity index (χ4n) is 6.53. The molecule has 0 radical (unpaired) electrons. The highest BCUT2D eigenvalue weighted by atomic mass is 16.6. The number of fused-ring (bicyclic) bond motifs is 5. The number of esters is 1. The Kier molecular flexibility index (Phi) is 6.35. The van der Waals surface area contributed by atoms with Crippen molar-refractivity contribution in [3.63, 3.8) is 0 Å². The number of non-ortho nitro benzene ring substituents is 1. The van der Waals surface area contributed by atoms with E-state index in [0.29, 0.717) is 0 Å². The normalized spacial score (nSPS) is 21.9. The number of nitro benzene ring substituents is 1. The van der Waals surface area contributed by atoms with E-state index in [0.717, 1.165) is 27.3 Å². The van der Waals surface area contributed by atoms with Crippen LogP contribution in [0.4, 0.5) is 17.1 Å². The topological polar surface area (TPSA) is 110 Å². The van der Waals surface area contributed by atoms with E-state index < -0.39 is 52.7 Å². The van der Waals surface area contributed by atoms with Crippen LogP contribution in [-0.2, 0) is 19.1 Å². The zero-order valence-electron chi connectivity index (χ0n) is 22.7. The van der Waals surface area contributed by atoms with Crippen LogP contribution in [0.1, 0.15) is 22.8 Å². The molecule has 0 aromatic heterocycles. The smallest absolute Gasteiger partial charge is 0.330 e. The molecule has 2 saturated heterocycles. The highest BCUT2D eigenvalue weighted by Crippen LogP contribution is 2.50. The van der Waals surface area contributed by atoms with Crippen LogP contribution in [-0.4, -0.2) is 34.8 Å². The van der Waals surface area contributed by atoms with Gasteiger partial charge in [-0.3, -0.25) is 19.7 Å². The van der Waals surface area contributed by atoms with Gasteiger partial charge < -0.3 is 9.64 Å². The van der Waals surface area contributed by atoms with Crippen molar-refractivity contribution in [2.45, 2.75) is 18.2 Å². The number of benzene rings is 4. The van der Waals surface area contributed by atoms with Crippen LogP contribution in [0.5, 0.6) is 0 Å². The lowest BCUT2D eigenvalue weighted by molar-refractivity contribution is -0.384. The van der Waals surface area contributed by atoms with Gasteiger partial charge in [0.15, 0.2) is 6.10 Å². The fraction of sp³-hybridized carbons (Fsp3) is 0.147. The highest BCUT2D eigenvalue weighted by Gasteiger charge is 2.65. The second kappa shape index (κ2) is 10.4. The van der Waals surface area contributed by atoms with Gasteiger partial charge >= 0.3 is 5.97 Å². The Hall–Kier alpha value is -5.57. The summed E-state index contributed by atoms with van der Waals surface area (Å²) in [5, 5.41) is 11.2. The third-order valence-electron chi connectivity index (χ3n) is 8.41. The molecule has 2 amide bonds. The summed E-state index contributed by atoms with van der Waals surface area (Å²) >= 11 is 0. The van der Waals surface area contributed by atoms with Gasteiger partial charge in [0.1, 0.15) is 6.04 Å². The summed E-state index contributed by atoms with van der Waals surface area (Å²) in [5.74, 6) is -3.49. The van der Waals surface area contributed by atoms with Gasteiger partial charge in [0, 0.05) is 17.8 Å². The van der Waals surface area contributed by atoms with Gasteiger partial charge in [0.25, 0.3) is 5.69 Å². The number of imide groups is 1.